The van der Waals surface area contributed by atoms with Crippen molar-refractivity contribution >= 4 is 5.97 Å². The Hall–Kier alpha value is -0.0165. The van der Waals surface area contributed by atoms with Gasteiger partial charge in [-0.3, -0.25) is 0 Å². The molecule has 1 radical (unpaired) electrons. The molecule has 0 amide bonds. The van der Waals surface area contributed by atoms with Crippen molar-refractivity contribution in [2.75, 3.05) is 26.2 Å². The first-order valence-electron chi connectivity index (χ1n) is 10.3. The monoisotopic (exact) mass is 635 g/mol. The number of rotatable bonds is 0. The van der Waals surface area contributed by atoms with Crippen LogP contribution in [-0.2, 0) is 21.3 Å². The van der Waals surface area contributed by atoms with Crippen molar-refractivity contribution in [1.29, 1.82) is 0 Å². The number of aliphatic carboxylic acids is 1. The Morgan fingerprint density at radius 3 is 1.05 bits per heavy atom. The van der Waals surface area contributed by atoms with E-state index in [-0.39, 0.29) is 38.5 Å². The zero-order valence-electron chi connectivity index (χ0n) is 22.1. The van der Waals surface area contributed by atoms with Crippen LogP contribution in [0.3, 0.4) is 0 Å². The van der Waals surface area contributed by atoms with Gasteiger partial charge in [0.2, 0.25) is 0 Å². The van der Waals surface area contributed by atoms with Crippen LogP contribution >= 0.6 is 0 Å². The third kappa shape index (κ3) is 61.6. The fraction of sp³-hybridized carbons (Fsp3) is 0.944. The molecular formula is C18H43Cl2N4NiO12. The molecule has 0 bridgehead atoms. The molecule has 1 fully saturated rings. The zero-order chi connectivity index (χ0) is 27.8. The second kappa shape index (κ2) is 23.8. The van der Waals surface area contributed by atoms with Gasteiger partial charge in [0, 0.05) is 55.3 Å². The SMILES string of the molecule is CC(=O)[O-].C[C@@H]1CC(C)(C)NCCN[C@H](C)CC(C)(C)NCCN1.O.O.[Ni+3].[O-][Cl+3]([O-])([O-])[O-].[O-][Cl+3]([O-])([O-])[O-]. The van der Waals surface area contributed by atoms with E-state index in [2.05, 4.69) is 62.8 Å². The van der Waals surface area contributed by atoms with E-state index >= 15 is 0 Å². The summed E-state index contributed by atoms with van der Waals surface area (Å²) in [4.78, 5) is 8.89. The zero-order valence-corrected chi connectivity index (χ0v) is 24.6. The van der Waals surface area contributed by atoms with Crippen molar-refractivity contribution in [2.45, 2.75) is 84.5 Å². The van der Waals surface area contributed by atoms with Crippen LogP contribution in [0.25, 0.3) is 0 Å². The number of hydrogen-bond acceptors (Lipinski definition) is 14. The quantitative estimate of drug-likeness (QED) is 0.179. The minimum absolute atomic E-state index is 0. The van der Waals surface area contributed by atoms with Crippen molar-refractivity contribution in [2.24, 2.45) is 0 Å². The molecule has 1 saturated heterocycles. The van der Waals surface area contributed by atoms with Crippen molar-refractivity contribution in [3.8, 4) is 0 Å². The van der Waals surface area contributed by atoms with E-state index in [9.17, 15) is 0 Å². The summed E-state index contributed by atoms with van der Waals surface area (Å²) in [6.45, 7) is 18.8. The van der Waals surface area contributed by atoms with Crippen molar-refractivity contribution in [3.63, 3.8) is 0 Å². The van der Waals surface area contributed by atoms with E-state index in [0.717, 1.165) is 45.9 Å². The predicted molar refractivity (Wildman–Crippen MR) is 106 cm³/mol. The summed E-state index contributed by atoms with van der Waals surface area (Å²) < 4.78 is 67.9. The first kappa shape index (κ1) is 49.9. The van der Waals surface area contributed by atoms with E-state index in [0.29, 0.717) is 12.1 Å². The van der Waals surface area contributed by atoms with Crippen molar-refractivity contribution < 1.29 is 95.1 Å². The molecule has 1 rings (SSSR count). The summed E-state index contributed by atoms with van der Waals surface area (Å²) in [5.41, 5.74) is 0.377. The van der Waals surface area contributed by atoms with Crippen LogP contribution in [0.15, 0.2) is 0 Å². The second-order valence-electron chi connectivity index (χ2n) is 8.99. The standard InChI is InChI=1S/C16H36N4.C2H4O2.2ClHO4.Ni.2H2O/c1-13-11-15(3,4)19-10-8-18-14(2)12-16(5,6)20-9-7-17-13;1-2(3)4;2*2-1(3,4)5;;;/h13-14,17-20H,7-12H2,1-6H3;1H3,(H,3,4);2*(H,2,3,4,5);;2*1H2/q;;;;+3;;/p-3/t13-,14-;;;;;;/m1....../s1. The van der Waals surface area contributed by atoms with Gasteiger partial charge in [-0.05, 0) is 61.3 Å². The normalized spacial score (nSPS) is 21.9. The van der Waals surface area contributed by atoms with Gasteiger partial charge in [-0.25, -0.2) is 37.3 Å². The Balaban J connectivity index is -0.000000118. The van der Waals surface area contributed by atoms with Crippen molar-refractivity contribution in [3.05, 3.63) is 0 Å². The number of carboxylic acid groups (broad SMARTS) is 1. The molecule has 1 heterocycles. The maximum Gasteiger partial charge on any atom is 3.00 e. The van der Waals surface area contributed by atoms with Gasteiger partial charge in [0.1, 0.15) is 0 Å². The van der Waals surface area contributed by atoms with E-state index < -0.39 is 26.5 Å². The Morgan fingerprint density at radius 1 is 0.676 bits per heavy atom. The molecule has 19 heteroatoms. The van der Waals surface area contributed by atoms with Crippen LogP contribution in [0.4, 0.5) is 0 Å². The molecule has 2 atom stereocenters. The molecule has 0 aromatic heterocycles. The topological polar surface area (TPSA) is 336 Å². The summed E-state index contributed by atoms with van der Waals surface area (Å²) >= 11 is 0. The summed E-state index contributed by atoms with van der Waals surface area (Å²) in [5, 5.41) is 23.5. The maximum absolute atomic E-state index is 8.89. The van der Waals surface area contributed by atoms with Gasteiger partial charge >= 0.3 is 16.5 Å². The first-order valence-corrected chi connectivity index (χ1v) is 12.8. The van der Waals surface area contributed by atoms with Crippen LogP contribution in [-0.4, -0.2) is 66.3 Å². The Labute approximate surface area is 232 Å². The Morgan fingerprint density at radius 2 is 0.865 bits per heavy atom. The van der Waals surface area contributed by atoms with Gasteiger partial charge in [0.15, 0.2) is 0 Å². The van der Waals surface area contributed by atoms with Gasteiger partial charge < -0.3 is 42.1 Å². The van der Waals surface area contributed by atoms with Crippen LogP contribution in [0, 0.1) is 20.5 Å². The molecule has 0 saturated carbocycles. The minimum Gasteiger partial charge on any atom is -0.550 e. The maximum atomic E-state index is 8.89. The van der Waals surface area contributed by atoms with E-state index in [1.54, 1.807) is 0 Å². The first-order chi connectivity index (χ1) is 14.9. The molecule has 1 aliphatic rings. The van der Waals surface area contributed by atoms with Crippen LogP contribution in [0.2, 0.25) is 0 Å². The van der Waals surface area contributed by atoms with Gasteiger partial charge in [-0.1, -0.05) is 0 Å². The van der Waals surface area contributed by atoms with Gasteiger partial charge in [0.05, 0.1) is 0 Å². The summed E-state index contributed by atoms with van der Waals surface area (Å²) in [7, 11) is -9.89. The number of carboxylic acids is 1. The minimum atomic E-state index is -4.94. The number of carbonyl (C=O) groups is 1. The third-order valence-electron chi connectivity index (χ3n) is 4.08. The molecule has 0 aromatic carbocycles. The van der Waals surface area contributed by atoms with E-state index in [4.69, 9.17) is 47.2 Å². The summed E-state index contributed by atoms with van der Waals surface area (Å²) in [6.07, 6.45) is 2.29. The Bertz CT molecular complexity index is 486. The van der Waals surface area contributed by atoms with E-state index in [1.807, 2.05) is 0 Å². The molecule has 0 spiro atoms. The van der Waals surface area contributed by atoms with Gasteiger partial charge in [0.25, 0.3) is 0 Å². The van der Waals surface area contributed by atoms with Gasteiger partial charge in [-0.15, -0.1) is 20.5 Å². The predicted octanol–water partition coefficient (Wildman–Crippen LogP) is -10.9. The van der Waals surface area contributed by atoms with Crippen LogP contribution in [0.5, 0.6) is 0 Å². The summed E-state index contributed by atoms with van der Waals surface area (Å²) in [5.74, 6) is -1.08. The smallest absolute Gasteiger partial charge is 0.550 e. The molecule has 0 unspecified atom stereocenters. The van der Waals surface area contributed by atoms with Crippen LogP contribution in [0.1, 0.15) is 61.3 Å². The Kier molecular flexibility index (Phi) is 32.1. The second-order valence-corrected chi connectivity index (χ2v) is 10.5. The fourth-order valence-corrected chi connectivity index (χ4v) is 3.26. The molecule has 8 N–H and O–H groups in total. The molecule has 1 aliphatic heterocycles. The average Bonchev–Trinajstić information content (AvgIpc) is 2.50. The molecule has 0 aromatic rings. The third-order valence-corrected chi connectivity index (χ3v) is 4.08. The number of hydrogen-bond donors (Lipinski definition) is 4. The molecule has 37 heavy (non-hydrogen) atoms. The van der Waals surface area contributed by atoms with Gasteiger partial charge in [-0.2, -0.15) is 0 Å². The molecule has 231 valence electrons. The molecule has 0 aliphatic carbocycles. The number of nitrogens with one attached hydrogen (secondary N) is 4. The average molecular weight is 637 g/mol. The largest absolute Gasteiger partial charge is 3.00 e. The summed E-state index contributed by atoms with van der Waals surface area (Å²) in [6, 6.07) is 1.08. The fourth-order valence-electron chi connectivity index (χ4n) is 3.26. The van der Waals surface area contributed by atoms with E-state index in [1.165, 1.54) is 0 Å². The number of carbonyl (C=O) groups excluding carboxylic acids is 1. The van der Waals surface area contributed by atoms with Crippen molar-refractivity contribution in [1.82, 2.24) is 21.3 Å². The molecular weight excluding hydrogens is 594 g/mol. The van der Waals surface area contributed by atoms with Crippen LogP contribution < -0.4 is 63.6 Å². The molecule has 16 nitrogen and oxygen atoms in total. The number of halogens is 2.